The van der Waals surface area contributed by atoms with Crippen molar-refractivity contribution < 1.29 is 19.1 Å². The second kappa shape index (κ2) is 9.11. The van der Waals surface area contributed by atoms with Gasteiger partial charge in [0.2, 0.25) is 0 Å². The predicted molar refractivity (Wildman–Crippen MR) is 108 cm³/mol. The minimum atomic E-state index is -0.865. The van der Waals surface area contributed by atoms with E-state index in [1.807, 2.05) is 37.3 Å². The lowest BCUT2D eigenvalue weighted by molar-refractivity contribution is -0.160. The van der Waals surface area contributed by atoms with E-state index in [9.17, 15) is 9.59 Å². The molecule has 6 heteroatoms. The summed E-state index contributed by atoms with van der Waals surface area (Å²) in [5, 5.41) is 3.44. The Morgan fingerprint density at radius 3 is 2.71 bits per heavy atom. The first-order chi connectivity index (χ1) is 13.4. The number of nitrogens with one attached hydrogen (secondary N) is 1. The quantitative estimate of drug-likeness (QED) is 0.749. The summed E-state index contributed by atoms with van der Waals surface area (Å²) in [6.07, 6.45) is -0.384. The molecule has 3 rings (SSSR count). The van der Waals surface area contributed by atoms with Gasteiger partial charge in [0.05, 0.1) is 5.92 Å². The van der Waals surface area contributed by atoms with Crippen molar-refractivity contribution in [2.45, 2.75) is 32.3 Å². The molecular formula is C22H24ClNO4. The molecule has 148 valence electrons. The van der Waals surface area contributed by atoms with E-state index in [-0.39, 0.29) is 18.4 Å². The van der Waals surface area contributed by atoms with Gasteiger partial charge < -0.3 is 14.8 Å². The van der Waals surface area contributed by atoms with Crippen LogP contribution in [0, 0.1) is 5.92 Å². The summed E-state index contributed by atoms with van der Waals surface area (Å²) < 4.78 is 11.0. The number of hydrogen-bond donors (Lipinski definition) is 1. The van der Waals surface area contributed by atoms with Crippen LogP contribution in [-0.4, -0.2) is 31.1 Å². The number of benzene rings is 2. The average Bonchev–Trinajstić information content (AvgIpc) is 2.71. The van der Waals surface area contributed by atoms with E-state index in [0.717, 1.165) is 16.9 Å². The maximum absolute atomic E-state index is 12.5. The van der Waals surface area contributed by atoms with Crippen molar-refractivity contribution >= 4 is 23.5 Å². The molecule has 5 nitrogen and oxygen atoms in total. The Kier molecular flexibility index (Phi) is 6.57. The third kappa shape index (κ3) is 5.04. The van der Waals surface area contributed by atoms with Crippen molar-refractivity contribution in [3.8, 4) is 5.75 Å². The fraction of sp³-hybridized carbons (Fsp3) is 0.364. The van der Waals surface area contributed by atoms with Gasteiger partial charge in [-0.15, -0.1) is 0 Å². The van der Waals surface area contributed by atoms with Crippen molar-refractivity contribution in [1.29, 1.82) is 0 Å². The van der Waals surface area contributed by atoms with Gasteiger partial charge in [0.25, 0.3) is 5.91 Å². The van der Waals surface area contributed by atoms with Gasteiger partial charge in [0.15, 0.2) is 6.10 Å². The predicted octanol–water partition coefficient (Wildman–Crippen LogP) is 3.74. The number of carbonyl (C=O) groups excluding carboxylic acids is 2. The Labute approximate surface area is 170 Å². The van der Waals surface area contributed by atoms with Gasteiger partial charge in [0, 0.05) is 11.6 Å². The van der Waals surface area contributed by atoms with E-state index >= 15 is 0 Å². The van der Waals surface area contributed by atoms with Crippen LogP contribution in [0.25, 0.3) is 0 Å². The molecule has 0 radical (unpaired) electrons. The lowest BCUT2D eigenvalue weighted by Crippen LogP contribution is -2.40. The van der Waals surface area contributed by atoms with Gasteiger partial charge in [-0.25, -0.2) is 0 Å². The number of carbonyl (C=O) groups is 2. The van der Waals surface area contributed by atoms with Crippen molar-refractivity contribution in [3.63, 3.8) is 0 Å². The summed E-state index contributed by atoms with van der Waals surface area (Å²) in [6.45, 7) is 4.32. The maximum Gasteiger partial charge on any atom is 0.313 e. The van der Waals surface area contributed by atoms with Crippen LogP contribution in [0.1, 0.15) is 30.9 Å². The van der Waals surface area contributed by atoms with Gasteiger partial charge in [-0.2, -0.15) is 0 Å². The third-order valence-corrected chi connectivity index (χ3v) is 5.11. The highest BCUT2D eigenvalue weighted by molar-refractivity contribution is 6.30. The minimum Gasteiger partial charge on any atom is -0.492 e. The summed E-state index contributed by atoms with van der Waals surface area (Å²) in [6, 6.07) is 15.3. The standard InChI is InChI=1S/C22H24ClNO4/c1-14(16-6-4-3-5-7-16)12-24-21(25)15(2)28-22(26)18-10-17-11-19(23)8-9-20(17)27-13-18/h3-9,11,14-15,18H,10,12-13H2,1-2H3,(H,24,25)/t14-,15-,18-/m1/s1. The van der Waals surface area contributed by atoms with Crippen LogP contribution in [0.3, 0.4) is 0 Å². The summed E-state index contributed by atoms with van der Waals surface area (Å²) in [4.78, 5) is 24.8. The monoisotopic (exact) mass is 401 g/mol. The first-order valence-electron chi connectivity index (χ1n) is 9.38. The molecule has 3 atom stereocenters. The molecule has 0 fully saturated rings. The molecule has 1 aliphatic rings. The van der Waals surface area contributed by atoms with Crippen molar-refractivity contribution in [3.05, 3.63) is 64.7 Å². The zero-order valence-electron chi connectivity index (χ0n) is 16.0. The minimum absolute atomic E-state index is 0.168. The average molecular weight is 402 g/mol. The lowest BCUT2D eigenvalue weighted by Gasteiger charge is -2.25. The van der Waals surface area contributed by atoms with E-state index in [4.69, 9.17) is 21.1 Å². The van der Waals surface area contributed by atoms with E-state index in [0.29, 0.717) is 18.0 Å². The number of esters is 1. The number of rotatable bonds is 6. The zero-order valence-corrected chi connectivity index (χ0v) is 16.7. The summed E-state index contributed by atoms with van der Waals surface area (Å²) in [7, 11) is 0. The second-order valence-electron chi connectivity index (χ2n) is 7.10. The normalized spacial score (nSPS) is 17.6. The summed E-state index contributed by atoms with van der Waals surface area (Å²) >= 11 is 6.01. The molecule has 2 aromatic rings. The Morgan fingerprint density at radius 2 is 1.96 bits per heavy atom. The number of ether oxygens (including phenoxy) is 2. The molecule has 0 unspecified atom stereocenters. The molecule has 0 saturated carbocycles. The SMILES string of the molecule is C[C@H](CNC(=O)[C@@H](C)OC(=O)[C@H]1COc2ccc(Cl)cc2C1)c1ccccc1. The number of amides is 1. The van der Waals surface area contributed by atoms with Crippen molar-refractivity contribution in [2.24, 2.45) is 5.92 Å². The maximum atomic E-state index is 12.5. The van der Waals surface area contributed by atoms with Gasteiger partial charge in [0.1, 0.15) is 12.4 Å². The van der Waals surface area contributed by atoms with Gasteiger partial charge >= 0.3 is 5.97 Å². The van der Waals surface area contributed by atoms with E-state index in [1.54, 1.807) is 25.1 Å². The molecule has 1 aliphatic heterocycles. The van der Waals surface area contributed by atoms with Crippen LogP contribution in [0.5, 0.6) is 5.75 Å². The van der Waals surface area contributed by atoms with Crippen LogP contribution in [-0.2, 0) is 20.7 Å². The molecule has 1 heterocycles. The fourth-order valence-electron chi connectivity index (χ4n) is 3.14. The van der Waals surface area contributed by atoms with Gasteiger partial charge in [-0.3, -0.25) is 9.59 Å². The second-order valence-corrected chi connectivity index (χ2v) is 7.54. The van der Waals surface area contributed by atoms with Crippen LogP contribution >= 0.6 is 11.6 Å². The molecule has 0 spiro atoms. The third-order valence-electron chi connectivity index (χ3n) is 4.88. The number of hydrogen-bond acceptors (Lipinski definition) is 4. The molecule has 2 aromatic carbocycles. The number of fused-ring (bicyclic) bond motifs is 1. The summed E-state index contributed by atoms with van der Waals surface area (Å²) in [5.41, 5.74) is 2.01. The summed E-state index contributed by atoms with van der Waals surface area (Å²) in [5.74, 6) is -0.305. The van der Waals surface area contributed by atoms with Crippen LogP contribution in [0.4, 0.5) is 0 Å². The van der Waals surface area contributed by atoms with Crippen LogP contribution < -0.4 is 10.1 Å². The van der Waals surface area contributed by atoms with Crippen molar-refractivity contribution in [2.75, 3.05) is 13.2 Å². The van der Waals surface area contributed by atoms with E-state index in [1.165, 1.54) is 0 Å². The first-order valence-corrected chi connectivity index (χ1v) is 9.76. The molecular weight excluding hydrogens is 378 g/mol. The molecule has 1 amide bonds. The van der Waals surface area contributed by atoms with Crippen LogP contribution in [0.15, 0.2) is 48.5 Å². The Bertz CT molecular complexity index is 840. The largest absolute Gasteiger partial charge is 0.492 e. The zero-order chi connectivity index (χ0) is 20.1. The Balaban J connectivity index is 1.49. The lowest BCUT2D eigenvalue weighted by atomic mass is 9.97. The fourth-order valence-corrected chi connectivity index (χ4v) is 3.33. The molecule has 28 heavy (non-hydrogen) atoms. The van der Waals surface area contributed by atoms with E-state index < -0.39 is 18.0 Å². The van der Waals surface area contributed by atoms with Gasteiger partial charge in [-0.1, -0.05) is 48.9 Å². The Hall–Kier alpha value is -2.53. The molecule has 0 bridgehead atoms. The van der Waals surface area contributed by atoms with Crippen LogP contribution in [0.2, 0.25) is 5.02 Å². The van der Waals surface area contributed by atoms with Gasteiger partial charge in [-0.05, 0) is 48.6 Å². The molecule has 0 saturated heterocycles. The highest BCUT2D eigenvalue weighted by atomic mass is 35.5. The van der Waals surface area contributed by atoms with E-state index in [2.05, 4.69) is 5.32 Å². The Morgan fingerprint density at radius 1 is 1.21 bits per heavy atom. The molecule has 1 N–H and O–H groups in total. The smallest absolute Gasteiger partial charge is 0.313 e. The van der Waals surface area contributed by atoms with Crippen molar-refractivity contribution in [1.82, 2.24) is 5.32 Å². The highest BCUT2D eigenvalue weighted by Crippen LogP contribution is 2.30. The first kappa shape index (κ1) is 20.2. The topological polar surface area (TPSA) is 64.6 Å². The number of halogens is 1. The highest BCUT2D eigenvalue weighted by Gasteiger charge is 2.30. The molecule has 0 aromatic heterocycles. The molecule has 0 aliphatic carbocycles.